The van der Waals surface area contributed by atoms with Crippen LogP contribution in [-0.4, -0.2) is 55.0 Å². The van der Waals surface area contributed by atoms with Crippen LogP contribution in [0.5, 0.6) is 0 Å². The van der Waals surface area contributed by atoms with Gasteiger partial charge < -0.3 is 5.32 Å². The molecule has 1 fully saturated rings. The van der Waals surface area contributed by atoms with Crippen LogP contribution >= 0.6 is 15.9 Å². The quantitative estimate of drug-likeness (QED) is 0.732. The van der Waals surface area contributed by atoms with E-state index in [0.717, 1.165) is 55.6 Å². The fourth-order valence-electron chi connectivity index (χ4n) is 2.66. The first-order valence-corrected chi connectivity index (χ1v) is 9.03. The molecular weight excluding hydrogens is 361 g/mol. The number of nitrogens with one attached hydrogen (secondary N) is 1. The van der Waals surface area contributed by atoms with E-state index in [4.69, 9.17) is 0 Å². The third-order valence-electron chi connectivity index (χ3n) is 4.09. The standard InChI is InChI=1S/C17H25BrFN3O/c1-2-3-6-20-17(23)13-22-9-7-21(8-10-22)12-14-4-5-15(18)11-16(14)19/h4-5,11H,2-3,6-10,12-13H2,1H3,(H,20,23). The second-order valence-corrected chi connectivity index (χ2v) is 6.91. The molecule has 0 aromatic heterocycles. The van der Waals surface area contributed by atoms with Crippen molar-refractivity contribution in [2.75, 3.05) is 39.3 Å². The van der Waals surface area contributed by atoms with Gasteiger partial charge >= 0.3 is 0 Å². The van der Waals surface area contributed by atoms with Gasteiger partial charge in [0.2, 0.25) is 5.91 Å². The number of hydrogen-bond acceptors (Lipinski definition) is 3. The van der Waals surface area contributed by atoms with Crippen molar-refractivity contribution in [1.29, 1.82) is 0 Å². The fraction of sp³-hybridized carbons (Fsp3) is 0.588. The zero-order chi connectivity index (χ0) is 16.7. The number of unbranched alkanes of at least 4 members (excludes halogenated alkanes) is 1. The van der Waals surface area contributed by atoms with Gasteiger partial charge in [-0.3, -0.25) is 14.6 Å². The summed E-state index contributed by atoms with van der Waals surface area (Å²) in [6.45, 7) is 7.37. The number of nitrogens with zero attached hydrogens (tertiary/aromatic N) is 2. The van der Waals surface area contributed by atoms with E-state index in [-0.39, 0.29) is 11.7 Å². The normalized spacial score (nSPS) is 16.5. The Labute approximate surface area is 146 Å². The molecule has 0 unspecified atom stereocenters. The van der Waals surface area contributed by atoms with Gasteiger partial charge in [0.1, 0.15) is 5.82 Å². The van der Waals surface area contributed by atoms with Gasteiger partial charge in [-0.15, -0.1) is 0 Å². The summed E-state index contributed by atoms with van der Waals surface area (Å²) in [5.74, 6) is -0.0667. The zero-order valence-electron chi connectivity index (χ0n) is 13.7. The zero-order valence-corrected chi connectivity index (χ0v) is 15.2. The van der Waals surface area contributed by atoms with Crippen LogP contribution in [0.4, 0.5) is 4.39 Å². The van der Waals surface area contributed by atoms with Crippen LogP contribution in [0.25, 0.3) is 0 Å². The number of amides is 1. The van der Waals surface area contributed by atoms with Crippen molar-refractivity contribution in [1.82, 2.24) is 15.1 Å². The minimum absolute atomic E-state index is 0.103. The smallest absolute Gasteiger partial charge is 0.234 e. The maximum atomic E-state index is 13.9. The van der Waals surface area contributed by atoms with Gasteiger partial charge in [-0.2, -0.15) is 0 Å². The highest BCUT2D eigenvalue weighted by molar-refractivity contribution is 9.10. The van der Waals surface area contributed by atoms with Crippen molar-refractivity contribution in [2.45, 2.75) is 26.3 Å². The Morgan fingerprint density at radius 2 is 1.96 bits per heavy atom. The van der Waals surface area contributed by atoms with Crippen molar-refractivity contribution in [3.63, 3.8) is 0 Å². The number of benzene rings is 1. The summed E-state index contributed by atoms with van der Waals surface area (Å²) in [6, 6.07) is 5.20. The average molecular weight is 386 g/mol. The lowest BCUT2D eigenvalue weighted by Gasteiger charge is -2.34. The molecule has 1 aliphatic heterocycles. The monoisotopic (exact) mass is 385 g/mol. The number of hydrogen-bond donors (Lipinski definition) is 1. The molecule has 1 N–H and O–H groups in total. The molecule has 1 aliphatic rings. The summed E-state index contributed by atoms with van der Waals surface area (Å²) < 4.78 is 14.6. The second kappa shape index (κ2) is 9.35. The fourth-order valence-corrected chi connectivity index (χ4v) is 2.99. The minimum Gasteiger partial charge on any atom is -0.355 e. The molecule has 0 bridgehead atoms. The highest BCUT2D eigenvalue weighted by Gasteiger charge is 2.19. The van der Waals surface area contributed by atoms with E-state index < -0.39 is 0 Å². The van der Waals surface area contributed by atoms with Gasteiger partial charge in [-0.25, -0.2) is 4.39 Å². The van der Waals surface area contributed by atoms with Gasteiger partial charge in [0.15, 0.2) is 0 Å². The predicted octanol–water partition coefficient (Wildman–Crippen LogP) is 2.62. The molecule has 1 amide bonds. The number of halogens is 2. The predicted molar refractivity (Wildman–Crippen MR) is 93.7 cm³/mol. The molecule has 0 spiro atoms. The molecular formula is C17H25BrFN3O. The topological polar surface area (TPSA) is 35.6 Å². The number of rotatable bonds is 7. The Morgan fingerprint density at radius 3 is 2.61 bits per heavy atom. The van der Waals surface area contributed by atoms with Gasteiger partial charge in [0.25, 0.3) is 0 Å². The molecule has 0 saturated carbocycles. The van der Waals surface area contributed by atoms with E-state index in [2.05, 4.69) is 38.0 Å². The van der Waals surface area contributed by atoms with Crippen LogP contribution in [0.15, 0.2) is 22.7 Å². The van der Waals surface area contributed by atoms with Crippen LogP contribution in [0.1, 0.15) is 25.3 Å². The van der Waals surface area contributed by atoms with E-state index in [1.807, 2.05) is 12.1 Å². The summed E-state index contributed by atoms with van der Waals surface area (Å²) in [7, 11) is 0. The third kappa shape index (κ3) is 6.20. The largest absolute Gasteiger partial charge is 0.355 e. The lowest BCUT2D eigenvalue weighted by Crippen LogP contribution is -2.49. The van der Waals surface area contributed by atoms with E-state index in [0.29, 0.717) is 13.1 Å². The van der Waals surface area contributed by atoms with Crippen molar-refractivity contribution in [3.05, 3.63) is 34.1 Å². The van der Waals surface area contributed by atoms with Crippen LogP contribution in [0.3, 0.4) is 0 Å². The molecule has 1 heterocycles. The Hall–Kier alpha value is -0.980. The summed E-state index contributed by atoms with van der Waals surface area (Å²) in [6.07, 6.45) is 2.11. The van der Waals surface area contributed by atoms with Gasteiger partial charge in [0, 0.05) is 49.3 Å². The van der Waals surface area contributed by atoms with Crippen molar-refractivity contribution in [2.24, 2.45) is 0 Å². The molecule has 6 heteroatoms. The van der Waals surface area contributed by atoms with Crippen LogP contribution in [0.2, 0.25) is 0 Å². The molecule has 0 radical (unpaired) electrons. The molecule has 0 atom stereocenters. The second-order valence-electron chi connectivity index (χ2n) is 5.99. The van der Waals surface area contributed by atoms with E-state index >= 15 is 0 Å². The summed E-state index contributed by atoms with van der Waals surface area (Å²) in [5, 5.41) is 2.95. The number of carbonyl (C=O) groups excluding carboxylic acids is 1. The molecule has 2 rings (SSSR count). The first kappa shape index (κ1) is 18.4. The SMILES string of the molecule is CCCCNC(=O)CN1CCN(Cc2ccc(Br)cc2F)CC1. The maximum Gasteiger partial charge on any atom is 0.234 e. The molecule has 23 heavy (non-hydrogen) atoms. The van der Waals surface area contributed by atoms with Gasteiger partial charge in [-0.1, -0.05) is 35.3 Å². The van der Waals surface area contributed by atoms with Crippen LogP contribution in [0, 0.1) is 5.82 Å². The Kier molecular flexibility index (Phi) is 7.46. The summed E-state index contributed by atoms with van der Waals surface area (Å²) in [5.41, 5.74) is 0.721. The van der Waals surface area contributed by atoms with Crippen LogP contribution < -0.4 is 5.32 Å². The maximum absolute atomic E-state index is 13.9. The lowest BCUT2D eigenvalue weighted by molar-refractivity contribution is -0.122. The Balaban J connectivity index is 1.72. The van der Waals surface area contributed by atoms with Crippen molar-refractivity contribution < 1.29 is 9.18 Å². The third-order valence-corrected chi connectivity index (χ3v) is 4.59. The van der Waals surface area contributed by atoms with E-state index in [1.54, 1.807) is 0 Å². The molecule has 1 aromatic rings. The minimum atomic E-state index is -0.169. The molecule has 128 valence electrons. The van der Waals surface area contributed by atoms with E-state index in [1.165, 1.54) is 6.07 Å². The lowest BCUT2D eigenvalue weighted by atomic mass is 10.2. The average Bonchev–Trinajstić information content (AvgIpc) is 2.52. The first-order chi connectivity index (χ1) is 11.1. The van der Waals surface area contributed by atoms with Gasteiger partial charge in [0.05, 0.1) is 6.54 Å². The van der Waals surface area contributed by atoms with E-state index in [9.17, 15) is 9.18 Å². The number of piperazine rings is 1. The molecule has 1 aromatic carbocycles. The van der Waals surface area contributed by atoms with Gasteiger partial charge in [-0.05, 0) is 18.6 Å². The van der Waals surface area contributed by atoms with Crippen molar-refractivity contribution >= 4 is 21.8 Å². The van der Waals surface area contributed by atoms with Crippen molar-refractivity contribution in [3.8, 4) is 0 Å². The van der Waals surface area contributed by atoms with Crippen LogP contribution in [-0.2, 0) is 11.3 Å². The Bertz CT molecular complexity index is 519. The molecule has 1 saturated heterocycles. The summed E-state index contributed by atoms with van der Waals surface area (Å²) in [4.78, 5) is 16.2. The summed E-state index contributed by atoms with van der Waals surface area (Å²) >= 11 is 3.28. The highest BCUT2D eigenvalue weighted by Crippen LogP contribution is 2.17. The Morgan fingerprint density at radius 1 is 1.26 bits per heavy atom. The number of carbonyl (C=O) groups is 1. The first-order valence-electron chi connectivity index (χ1n) is 8.24. The molecule has 0 aliphatic carbocycles. The molecule has 4 nitrogen and oxygen atoms in total. The highest BCUT2D eigenvalue weighted by atomic mass is 79.9.